The highest BCUT2D eigenvalue weighted by atomic mass is 35.5. The van der Waals surface area contributed by atoms with Gasteiger partial charge in [-0.3, -0.25) is 14.5 Å². The van der Waals surface area contributed by atoms with Gasteiger partial charge in [0.15, 0.2) is 0 Å². The minimum atomic E-state index is -3.48. The summed E-state index contributed by atoms with van der Waals surface area (Å²) in [5, 5.41) is 0.519. The third kappa shape index (κ3) is 3.17. The van der Waals surface area contributed by atoms with Crippen molar-refractivity contribution >= 4 is 33.4 Å². The van der Waals surface area contributed by atoms with E-state index in [1.807, 2.05) is 0 Å². The van der Waals surface area contributed by atoms with E-state index in [2.05, 4.69) is 0 Å². The molecule has 3 fully saturated rings. The number of benzene rings is 1. The average molecular weight is 397 g/mol. The van der Waals surface area contributed by atoms with E-state index in [-0.39, 0.29) is 48.5 Å². The molecule has 8 heteroatoms. The second-order valence-corrected chi connectivity index (χ2v) is 9.69. The molecule has 4 rings (SSSR count). The lowest BCUT2D eigenvalue weighted by Gasteiger charge is -2.40. The van der Waals surface area contributed by atoms with Gasteiger partial charge < -0.3 is 0 Å². The van der Waals surface area contributed by atoms with Gasteiger partial charge in [0.05, 0.1) is 5.75 Å². The van der Waals surface area contributed by atoms with Crippen molar-refractivity contribution in [3.8, 4) is 0 Å². The Balaban J connectivity index is 1.52. The topological polar surface area (TPSA) is 74.8 Å². The third-order valence-electron chi connectivity index (χ3n) is 5.66. The monoisotopic (exact) mass is 396 g/mol. The smallest absolute Gasteiger partial charge is 0.229 e. The minimum absolute atomic E-state index is 0.0766. The Morgan fingerprint density at radius 2 is 1.62 bits per heavy atom. The number of hydrogen-bond donors (Lipinski definition) is 0. The molecule has 26 heavy (non-hydrogen) atoms. The Bertz CT molecular complexity index is 827. The molecular formula is C18H21ClN2O4S. The van der Waals surface area contributed by atoms with Gasteiger partial charge in [0.1, 0.15) is 0 Å². The largest absolute Gasteiger partial charge is 0.279 e. The second-order valence-electron chi connectivity index (χ2n) is 7.38. The van der Waals surface area contributed by atoms with E-state index in [9.17, 15) is 18.0 Å². The van der Waals surface area contributed by atoms with E-state index >= 15 is 0 Å². The zero-order chi connectivity index (χ0) is 18.5. The van der Waals surface area contributed by atoms with Gasteiger partial charge in [-0.2, -0.15) is 4.31 Å². The molecule has 1 aromatic rings. The van der Waals surface area contributed by atoms with E-state index in [1.54, 1.807) is 28.6 Å². The van der Waals surface area contributed by atoms with Crippen molar-refractivity contribution < 1.29 is 18.0 Å². The molecule has 3 aliphatic heterocycles. The van der Waals surface area contributed by atoms with Crippen LogP contribution in [0.25, 0.3) is 0 Å². The molecule has 0 aromatic heterocycles. The SMILES string of the molecule is O=C1CCC(=O)N1C1CC2CCC(C1)N2S(=O)(=O)Cc1cccc(Cl)c1. The molecule has 2 unspecified atom stereocenters. The van der Waals surface area contributed by atoms with Crippen molar-refractivity contribution in [3.63, 3.8) is 0 Å². The van der Waals surface area contributed by atoms with Crippen LogP contribution in [0.1, 0.15) is 44.1 Å². The zero-order valence-electron chi connectivity index (χ0n) is 14.3. The summed E-state index contributed by atoms with van der Waals surface area (Å²) in [6.45, 7) is 0. The number of imide groups is 1. The summed E-state index contributed by atoms with van der Waals surface area (Å²) in [5.74, 6) is -0.309. The van der Waals surface area contributed by atoms with Crippen molar-refractivity contribution in [1.82, 2.24) is 9.21 Å². The molecule has 0 saturated carbocycles. The maximum absolute atomic E-state index is 13.0. The average Bonchev–Trinajstić information content (AvgIpc) is 3.04. The van der Waals surface area contributed by atoms with Crippen LogP contribution < -0.4 is 0 Å². The first-order chi connectivity index (χ1) is 12.3. The highest BCUT2D eigenvalue weighted by Crippen LogP contribution is 2.41. The standard InChI is InChI=1S/C18H21ClN2O4S/c19-13-3-1-2-12(8-13)11-26(24,25)21-14-4-5-15(21)10-16(9-14)20-17(22)6-7-18(20)23/h1-3,8,14-16H,4-7,9-11H2. The fourth-order valence-corrected chi connectivity index (χ4v) is 6.94. The summed E-state index contributed by atoms with van der Waals surface area (Å²) in [6.07, 6.45) is 3.22. The predicted molar refractivity (Wildman–Crippen MR) is 96.8 cm³/mol. The maximum atomic E-state index is 13.0. The molecular weight excluding hydrogens is 376 g/mol. The lowest BCUT2D eigenvalue weighted by Crippen LogP contribution is -2.53. The molecule has 0 N–H and O–H groups in total. The van der Waals surface area contributed by atoms with Crippen molar-refractivity contribution in [1.29, 1.82) is 0 Å². The van der Waals surface area contributed by atoms with Gasteiger partial charge in [0, 0.05) is 36.0 Å². The number of nitrogens with zero attached hydrogens (tertiary/aromatic N) is 2. The molecule has 3 saturated heterocycles. The van der Waals surface area contributed by atoms with Gasteiger partial charge in [-0.05, 0) is 43.4 Å². The molecule has 6 nitrogen and oxygen atoms in total. The fourth-order valence-electron chi connectivity index (χ4n) is 4.68. The van der Waals surface area contributed by atoms with Crippen LogP contribution in [0.2, 0.25) is 5.02 Å². The van der Waals surface area contributed by atoms with Gasteiger partial charge >= 0.3 is 0 Å². The second kappa shape index (κ2) is 6.62. The van der Waals surface area contributed by atoms with Crippen molar-refractivity contribution in [2.24, 2.45) is 0 Å². The number of carbonyl (C=O) groups excluding carboxylic acids is 2. The molecule has 2 amide bonds. The lowest BCUT2D eigenvalue weighted by atomic mass is 9.98. The highest BCUT2D eigenvalue weighted by molar-refractivity contribution is 7.88. The number of piperidine rings is 1. The van der Waals surface area contributed by atoms with Gasteiger partial charge in [-0.15, -0.1) is 0 Å². The number of hydrogen-bond acceptors (Lipinski definition) is 4. The quantitative estimate of drug-likeness (QED) is 0.732. The van der Waals surface area contributed by atoms with Crippen LogP contribution in [0.3, 0.4) is 0 Å². The van der Waals surface area contributed by atoms with E-state index < -0.39 is 10.0 Å². The van der Waals surface area contributed by atoms with Gasteiger partial charge in [-0.1, -0.05) is 23.7 Å². The van der Waals surface area contributed by atoms with Crippen molar-refractivity contribution in [2.45, 2.75) is 62.4 Å². The number of amides is 2. The predicted octanol–water partition coefficient (Wildman–Crippen LogP) is 2.31. The Morgan fingerprint density at radius 3 is 2.19 bits per heavy atom. The minimum Gasteiger partial charge on any atom is -0.279 e. The molecule has 2 atom stereocenters. The van der Waals surface area contributed by atoms with Crippen LogP contribution >= 0.6 is 11.6 Å². The summed E-state index contributed by atoms with van der Waals surface area (Å²) in [4.78, 5) is 25.5. The number of carbonyl (C=O) groups is 2. The number of rotatable bonds is 4. The normalized spacial score (nSPS) is 29.6. The third-order valence-corrected chi connectivity index (χ3v) is 7.83. The highest BCUT2D eigenvalue weighted by Gasteiger charge is 2.50. The summed E-state index contributed by atoms with van der Waals surface area (Å²) in [6, 6.07) is 6.48. The van der Waals surface area contributed by atoms with Gasteiger partial charge in [-0.25, -0.2) is 8.42 Å². The van der Waals surface area contributed by atoms with Crippen LogP contribution in [0, 0.1) is 0 Å². The van der Waals surface area contributed by atoms with Crippen molar-refractivity contribution in [3.05, 3.63) is 34.9 Å². The Labute approximate surface area is 158 Å². The van der Waals surface area contributed by atoms with E-state index in [4.69, 9.17) is 11.6 Å². The summed E-state index contributed by atoms with van der Waals surface area (Å²) >= 11 is 5.97. The first kappa shape index (κ1) is 17.9. The molecule has 140 valence electrons. The first-order valence-electron chi connectivity index (χ1n) is 8.96. The molecule has 3 aliphatic rings. The van der Waals surface area contributed by atoms with E-state index in [0.717, 1.165) is 12.8 Å². The van der Waals surface area contributed by atoms with Crippen LogP contribution in [0.5, 0.6) is 0 Å². The molecule has 0 aliphatic carbocycles. The maximum Gasteiger partial charge on any atom is 0.229 e. The van der Waals surface area contributed by atoms with Crippen LogP contribution in [-0.2, 0) is 25.4 Å². The van der Waals surface area contributed by atoms with Crippen LogP contribution in [0.15, 0.2) is 24.3 Å². The number of likely N-dealkylation sites (tertiary alicyclic amines) is 1. The zero-order valence-corrected chi connectivity index (χ0v) is 15.9. The van der Waals surface area contributed by atoms with E-state index in [1.165, 1.54) is 4.90 Å². The van der Waals surface area contributed by atoms with Gasteiger partial charge in [0.25, 0.3) is 0 Å². The molecule has 3 heterocycles. The molecule has 2 bridgehead atoms. The van der Waals surface area contributed by atoms with Crippen LogP contribution in [-0.4, -0.2) is 47.6 Å². The van der Waals surface area contributed by atoms with Crippen molar-refractivity contribution in [2.75, 3.05) is 0 Å². The number of sulfonamides is 1. The molecule has 0 radical (unpaired) electrons. The summed E-state index contributed by atoms with van der Waals surface area (Å²) in [7, 11) is -3.48. The van der Waals surface area contributed by atoms with Gasteiger partial charge in [0.2, 0.25) is 21.8 Å². The van der Waals surface area contributed by atoms with Crippen LogP contribution in [0.4, 0.5) is 0 Å². The Kier molecular flexibility index (Phi) is 4.57. The van der Waals surface area contributed by atoms with E-state index in [0.29, 0.717) is 23.4 Å². The molecule has 1 aromatic carbocycles. The first-order valence-corrected chi connectivity index (χ1v) is 10.9. The fraction of sp³-hybridized carbons (Fsp3) is 0.556. The molecule has 0 spiro atoms. The Morgan fingerprint density at radius 1 is 1.00 bits per heavy atom. The summed E-state index contributed by atoms with van der Waals surface area (Å²) in [5.41, 5.74) is 0.670. The summed E-state index contributed by atoms with van der Waals surface area (Å²) < 4.78 is 27.7. The Hall–Kier alpha value is -1.44. The lowest BCUT2D eigenvalue weighted by molar-refractivity contribution is -0.142. The number of fused-ring (bicyclic) bond motifs is 2. The number of halogens is 1.